The second kappa shape index (κ2) is 4.73. The van der Waals surface area contributed by atoms with Crippen molar-refractivity contribution in [2.24, 2.45) is 5.41 Å². The average Bonchev–Trinajstić information content (AvgIpc) is 2.86. The van der Waals surface area contributed by atoms with Gasteiger partial charge in [-0.3, -0.25) is 0 Å². The molecule has 0 radical (unpaired) electrons. The van der Waals surface area contributed by atoms with Crippen molar-refractivity contribution in [1.82, 2.24) is 9.55 Å². The Morgan fingerprint density at radius 2 is 2.31 bits per heavy atom. The number of nitrogens with one attached hydrogen (secondary N) is 1. The lowest BCUT2D eigenvalue weighted by Crippen LogP contribution is -2.24. The van der Waals surface area contributed by atoms with Crippen LogP contribution in [0.3, 0.4) is 0 Å². The van der Waals surface area contributed by atoms with E-state index in [1.807, 2.05) is 18.5 Å². The van der Waals surface area contributed by atoms with Gasteiger partial charge in [0.15, 0.2) is 0 Å². The van der Waals surface area contributed by atoms with E-state index >= 15 is 0 Å². The zero-order chi connectivity index (χ0) is 11.4. The Kier molecular flexibility index (Phi) is 3.32. The van der Waals surface area contributed by atoms with E-state index in [9.17, 15) is 0 Å². The molecule has 0 atom stereocenters. The van der Waals surface area contributed by atoms with Crippen LogP contribution in [-0.2, 0) is 6.54 Å². The van der Waals surface area contributed by atoms with Gasteiger partial charge in [-0.05, 0) is 18.3 Å². The first-order valence-corrected chi connectivity index (χ1v) is 6.09. The second-order valence-corrected chi connectivity index (χ2v) is 5.06. The van der Waals surface area contributed by atoms with Crippen LogP contribution in [0.5, 0.6) is 0 Å². The number of aromatic nitrogens is 2. The van der Waals surface area contributed by atoms with Gasteiger partial charge in [0.25, 0.3) is 0 Å². The molecule has 1 aliphatic rings. The molecule has 1 heterocycles. The molecule has 0 spiro atoms. The molecule has 0 unspecified atom stereocenters. The molecule has 3 nitrogen and oxygen atoms in total. The molecular formula is C13H21N3. The number of hydrogen-bond acceptors (Lipinski definition) is 2. The molecule has 0 bridgehead atoms. The minimum Gasteiger partial charge on any atom is -0.355 e. The summed E-state index contributed by atoms with van der Waals surface area (Å²) in [6.07, 6.45) is 11.1. The van der Waals surface area contributed by atoms with Gasteiger partial charge in [-0.25, -0.2) is 4.98 Å². The summed E-state index contributed by atoms with van der Waals surface area (Å²) in [4.78, 5) is 4.33. The highest BCUT2D eigenvalue weighted by Gasteiger charge is 2.28. The van der Waals surface area contributed by atoms with Gasteiger partial charge in [-0.1, -0.05) is 25.8 Å². The first-order valence-electron chi connectivity index (χ1n) is 6.09. The van der Waals surface area contributed by atoms with Gasteiger partial charge in [0, 0.05) is 25.5 Å². The summed E-state index contributed by atoms with van der Waals surface area (Å²) in [5.41, 5.74) is 0.463. The first-order chi connectivity index (χ1) is 7.73. The van der Waals surface area contributed by atoms with Crippen LogP contribution in [-0.4, -0.2) is 16.1 Å². The van der Waals surface area contributed by atoms with Crippen LogP contribution in [0.25, 0.3) is 0 Å². The van der Waals surface area contributed by atoms with E-state index in [0.29, 0.717) is 5.41 Å². The van der Waals surface area contributed by atoms with Crippen molar-refractivity contribution < 1.29 is 0 Å². The molecule has 0 aliphatic heterocycles. The fourth-order valence-electron chi connectivity index (χ4n) is 2.46. The number of imidazole rings is 1. The Hall–Kier alpha value is -1.25. The molecule has 3 heteroatoms. The van der Waals surface area contributed by atoms with Gasteiger partial charge < -0.3 is 9.88 Å². The third-order valence-corrected chi connectivity index (χ3v) is 3.53. The maximum Gasteiger partial charge on any atom is 0.203 e. The number of rotatable bonds is 5. The first kappa shape index (κ1) is 11.2. The fraction of sp³-hybridized carbons (Fsp3) is 0.615. The summed E-state index contributed by atoms with van der Waals surface area (Å²) in [7, 11) is 0. The molecule has 0 saturated heterocycles. The summed E-state index contributed by atoms with van der Waals surface area (Å²) in [6.45, 7) is 7.97. The monoisotopic (exact) mass is 219 g/mol. The molecular weight excluding hydrogens is 198 g/mol. The van der Waals surface area contributed by atoms with Gasteiger partial charge in [0.05, 0.1) is 0 Å². The van der Waals surface area contributed by atoms with Crippen molar-refractivity contribution in [3.8, 4) is 0 Å². The molecule has 0 aromatic carbocycles. The Labute approximate surface area is 97.6 Å². The number of nitrogens with zero attached hydrogens (tertiary/aromatic N) is 2. The molecule has 0 amide bonds. The van der Waals surface area contributed by atoms with E-state index in [4.69, 9.17) is 0 Å². The number of hydrogen-bond donors (Lipinski definition) is 1. The Morgan fingerprint density at radius 1 is 1.56 bits per heavy atom. The quantitative estimate of drug-likeness (QED) is 0.771. The van der Waals surface area contributed by atoms with Gasteiger partial charge in [0.1, 0.15) is 0 Å². The number of anilines is 1. The molecule has 88 valence electrons. The predicted octanol–water partition coefficient (Wildman–Crippen LogP) is 3.06. The van der Waals surface area contributed by atoms with Crippen LogP contribution < -0.4 is 5.32 Å². The molecule has 1 saturated carbocycles. The zero-order valence-corrected chi connectivity index (χ0v) is 10.1. The highest BCUT2D eigenvalue weighted by molar-refractivity contribution is 5.26. The van der Waals surface area contributed by atoms with Crippen molar-refractivity contribution in [3.05, 3.63) is 25.0 Å². The molecule has 1 aromatic heterocycles. The summed E-state index contributed by atoms with van der Waals surface area (Å²) in [6, 6.07) is 0. The van der Waals surface area contributed by atoms with E-state index in [1.165, 1.54) is 25.7 Å². The minimum atomic E-state index is 0.463. The van der Waals surface area contributed by atoms with Crippen LogP contribution in [0.15, 0.2) is 25.0 Å². The molecule has 1 N–H and O–H groups in total. The maximum atomic E-state index is 4.33. The average molecular weight is 219 g/mol. The van der Waals surface area contributed by atoms with Crippen LogP contribution in [0.4, 0.5) is 5.95 Å². The summed E-state index contributed by atoms with van der Waals surface area (Å²) < 4.78 is 2.09. The lowest BCUT2D eigenvalue weighted by Gasteiger charge is -2.24. The van der Waals surface area contributed by atoms with Gasteiger partial charge in [-0.15, -0.1) is 6.58 Å². The molecule has 16 heavy (non-hydrogen) atoms. The predicted molar refractivity (Wildman–Crippen MR) is 67.5 cm³/mol. The third-order valence-electron chi connectivity index (χ3n) is 3.53. The number of allylic oxidation sites excluding steroid dienone is 1. The van der Waals surface area contributed by atoms with Crippen molar-refractivity contribution >= 4 is 5.95 Å². The Morgan fingerprint density at radius 3 is 3.00 bits per heavy atom. The van der Waals surface area contributed by atoms with E-state index in [-0.39, 0.29) is 0 Å². The molecule has 1 fully saturated rings. The topological polar surface area (TPSA) is 29.9 Å². The van der Waals surface area contributed by atoms with Crippen LogP contribution in [0.1, 0.15) is 32.6 Å². The van der Waals surface area contributed by atoms with Crippen molar-refractivity contribution in [1.29, 1.82) is 0 Å². The summed E-state index contributed by atoms with van der Waals surface area (Å²) in [5.74, 6) is 0.966. The Balaban J connectivity index is 1.93. The highest BCUT2D eigenvalue weighted by Crippen LogP contribution is 2.37. The SMILES string of the molecule is C=CCn1ccnc1NCC1(C)CCCC1. The maximum absolute atomic E-state index is 4.33. The lowest BCUT2D eigenvalue weighted by molar-refractivity contribution is 0.360. The summed E-state index contributed by atoms with van der Waals surface area (Å²) in [5, 5.41) is 3.46. The van der Waals surface area contributed by atoms with Crippen molar-refractivity contribution in [2.45, 2.75) is 39.2 Å². The van der Waals surface area contributed by atoms with Crippen LogP contribution in [0, 0.1) is 5.41 Å². The van der Waals surface area contributed by atoms with E-state index in [1.54, 1.807) is 0 Å². The zero-order valence-electron chi connectivity index (χ0n) is 10.1. The fourth-order valence-corrected chi connectivity index (χ4v) is 2.46. The molecule has 2 rings (SSSR count). The van der Waals surface area contributed by atoms with Gasteiger partial charge >= 0.3 is 0 Å². The normalized spacial score (nSPS) is 18.6. The smallest absolute Gasteiger partial charge is 0.203 e. The minimum absolute atomic E-state index is 0.463. The highest BCUT2D eigenvalue weighted by atomic mass is 15.2. The van der Waals surface area contributed by atoms with Crippen molar-refractivity contribution in [2.75, 3.05) is 11.9 Å². The third kappa shape index (κ3) is 2.46. The van der Waals surface area contributed by atoms with E-state index < -0.39 is 0 Å². The second-order valence-electron chi connectivity index (χ2n) is 5.06. The van der Waals surface area contributed by atoms with Gasteiger partial charge in [0.2, 0.25) is 5.95 Å². The Bertz CT molecular complexity index is 348. The molecule has 1 aromatic rings. The largest absolute Gasteiger partial charge is 0.355 e. The standard InChI is InChI=1S/C13H21N3/c1-3-9-16-10-8-14-12(16)15-11-13(2)6-4-5-7-13/h3,8,10H,1,4-7,9,11H2,2H3,(H,14,15). The summed E-state index contributed by atoms with van der Waals surface area (Å²) >= 11 is 0. The van der Waals surface area contributed by atoms with Crippen LogP contribution >= 0.6 is 0 Å². The lowest BCUT2D eigenvalue weighted by atomic mass is 9.89. The molecule has 1 aliphatic carbocycles. The van der Waals surface area contributed by atoms with E-state index in [2.05, 4.69) is 28.4 Å². The van der Waals surface area contributed by atoms with E-state index in [0.717, 1.165) is 19.0 Å². The van der Waals surface area contributed by atoms with Crippen molar-refractivity contribution in [3.63, 3.8) is 0 Å². The van der Waals surface area contributed by atoms with Crippen LogP contribution in [0.2, 0.25) is 0 Å². The van der Waals surface area contributed by atoms with Gasteiger partial charge in [-0.2, -0.15) is 0 Å².